The third kappa shape index (κ3) is 12.5. The van der Waals surface area contributed by atoms with Crippen LogP contribution in [0.2, 0.25) is 0 Å². The van der Waals surface area contributed by atoms with E-state index in [2.05, 4.69) is 32.5 Å². The zero-order valence-corrected chi connectivity index (χ0v) is 38.3. The van der Waals surface area contributed by atoms with Gasteiger partial charge in [0, 0.05) is 50.7 Å². The van der Waals surface area contributed by atoms with E-state index < -0.39 is 33.9 Å². The van der Waals surface area contributed by atoms with Crippen LogP contribution in [0.25, 0.3) is 21.8 Å². The Morgan fingerprint density at radius 1 is 0.726 bits per heavy atom. The van der Waals surface area contributed by atoms with Gasteiger partial charge in [-0.15, -0.1) is 5.06 Å². The summed E-state index contributed by atoms with van der Waals surface area (Å²) in [7, 11) is 4.41. The summed E-state index contributed by atoms with van der Waals surface area (Å²) in [6, 6.07) is 14.5. The summed E-state index contributed by atoms with van der Waals surface area (Å²) >= 11 is 0. The van der Waals surface area contributed by atoms with E-state index in [0.29, 0.717) is 94.2 Å². The number of benzene rings is 3. The number of hydroxylamine groups is 2. The van der Waals surface area contributed by atoms with Gasteiger partial charge in [-0.1, -0.05) is 13.8 Å². The molecule has 5 rings (SSSR count). The molecular weight excluding hydrogens is 817 g/mol. The normalized spacial score (nSPS) is 13.6. The molecule has 62 heavy (non-hydrogen) atoms. The number of pyridine rings is 1. The van der Waals surface area contributed by atoms with Crippen molar-refractivity contribution in [3.05, 3.63) is 70.8 Å². The van der Waals surface area contributed by atoms with Crippen molar-refractivity contribution in [1.29, 1.82) is 0 Å². The fourth-order valence-corrected chi connectivity index (χ4v) is 8.57. The first-order chi connectivity index (χ1) is 29.2. The number of imide groups is 1. The van der Waals surface area contributed by atoms with Gasteiger partial charge >= 0.3 is 11.9 Å². The van der Waals surface area contributed by atoms with Gasteiger partial charge in [0.1, 0.15) is 23.8 Å². The fraction of sp³-hybridized carbons (Fsp3) is 0.500. The predicted molar refractivity (Wildman–Crippen MR) is 235 cm³/mol. The number of carbonyl (C=O) groups is 4. The maximum absolute atomic E-state index is 14.8. The molecule has 336 valence electrons. The fourth-order valence-electron chi connectivity index (χ4n) is 8.08. The van der Waals surface area contributed by atoms with Crippen molar-refractivity contribution in [3.8, 4) is 17.2 Å². The van der Waals surface area contributed by atoms with Gasteiger partial charge in [0.2, 0.25) is 11.0 Å². The Hall–Kier alpha value is -5.16. The number of rotatable bonds is 22. The number of aryl methyl sites for hydroxylation is 3. The molecule has 1 saturated heterocycles. The topological polar surface area (TPSA) is 167 Å². The molecule has 0 bridgehead atoms. The molecule has 1 aliphatic heterocycles. The van der Waals surface area contributed by atoms with Gasteiger partial charge in [-0.05, 0) is 67.8 Å². The lowest BCUT2D eigenvalue weighted by atomic mass is 10.0. The van der Waals surface area contributed by atoms with Crippen molar-refractivity contribution in [1.82, 2.24) is 5.06 Å². The van der Waals surface area contributed by atoms with Gasteiger partial charge in [-0.25, -0.2) is 9.59 Å². The second-order valence-corrected chi connectivity index (χ2v) is 19.1. The molecule has 16 heteroatoms. The summed E-state index contributed by atoms with van der Waals surface area (Å²) in [4.78, 5) is 57.1. The van der Waals surface area contributed by atoms with Crippen LogP contribution in [-0.2, 0) is 31.1 Å². The number of nitrogens with zero attached hydrogens (tertiary/aromatic N) is 4. The van der Waals surface area contributed by atoms with Crippen molar-refractivity contribution in [3.63, 3.8) is 0 Å². The number of hydrogen-bond donors (Lipinski definition) is 1. The maximum atomic E-state index is 14.8. The van der Waals surface area contributed by atoms with Crippen molar-refractivity contribution in [2.75, 3.05) is 73.3 Å². The number of fused-ring (bicyclic) bond motifs is 2. The predicted octanol–water partition coefficient (Wildman–Crippen LogP) is 6.13. The van der Waals surface area contributed by atoms with Gasteiger partial charge in [-0.2, -0.15) is 13.0 Å². The summed E-state index contributed by atoms with van der Waals surface area (Å²) in [5, 5.41) is 1.74. The van der Waals surface area contributed by atoms with Crippen LogP contribution in [0.15, 0.2) is 48.5 Å². The molecule has 1 fully saturated rings. The Bertz CT molecular complexity index is 2390. The van der Waals surface area contributed by atoms with Crippen LogP contribution in [0.3, 0.4) is 0 Å². The summed E-state index contributed by atoms with van der Waals surface area (Å²) < 4.78 is 54.1. The average Bonchev–Trinajstić information content (AvgIpc) is 3.50. The number of quaternary nitrogens is 2. The third-order valence-corrected chi connectivity index (χ3v) is 11.9. The minimum Gasteiger partial charge on any atom is -0.493 e. The Balaban J connectivity index is 1.49. The summed E-state index contributed by atoms with van der Waals surface area (Å²) in [5.74, 6) is -1.55. The van der Waals surface area contributed by atoms with Crippen molar-refractivity contribution in [2.45, 2.75) is 79.2 Å². The minimum absolute atomic E-state index is 0.0277. The Morgan fingerprint density at radius 3 is 1.71 bits per heavy atom. The smallest absolute Gasteiger partial charge is 0.363 e. The number of amides is 2. The number of carbonyl (C=O) groups excluding carboxylic acids is 4. The average molecular weight is 880 g/mol. The van der Waals surface area contributed by atoms with Crippen LogP contribution < -0.4 is 18.8 Å². The molecule has 0 unspecified atom stereocenters. The summed E-state index contributed by atoms with van der Waals surface area (Å²) in [5.41, 5.74) is 2.95. The van der Waals surface area contributed by atoms with E-state index in [4.69, 9.17) is 23.6 Å². The van der Waals surface area contributed by atoms with Gasteiger partial charge < -0.3 is 28.0 Å². The van der Waals surface area contributed by atoms with E-state index in [1.165, 1.54) is 12.1 Å². The highest BCUT2D eigenvalue weighted by Crippen LogP contribution is 2.34. The summed E-state index contributed by atoms with van der Waals surface area (Å²) in [6.07, 6.45) is 3.72. The second kappa shape index (κ2) is 20.4. The molecule has 0 aliphatic carbocycles. The van der Waals surface area contributed by atoms with Crippen LogP contribution >= 0.6 is 0 Å². The molecule has 15 nitrogen and oxygen atoms in total. The first-order valence-corrected chi connectivity index (χ1v) is 23.0. The van der Waals surface area contributed by atoms with Gasteiger partial charge in [0.05, 0.1) is 95.2 Å². The lowest BCUT2D eigenvalue weighted by molar-refractivity contribution is -0.890. The molecule has 2 heterocycles. The van der Waals surface area contributed by atoms with E-state index in [1.807, 2.05) is 50.5 Å². The molecule has 1 aliphatic rings. The molecule has 2 amide bonds. The van der Waals surface area contributed by atoms with E-state index >= 15 is 0 Å². The van der Waals surface area contributed by atoms with Crippen LogP contribution in [-0.4, -0.2) is 124 Å². The first kappa shape index (κ1) is 47.9. The van der Waals surface area contributed by atoms with E-state index in [0.717, 1.165) is 47.9 Å². The Morgan fingerprint density at radius 2 is 1.23 bits per heavy atom. The maximum Gasteiger partial charge on any atom is 0.363 e. The first-order valence-electron chi connectivity index (χ1n) is 21.4. The molecule has 4 aromatic rings. The minimum atomic E-state index is -4.02. The molecule has 0 radical (unpaired) electrons. The molecule has 0 atom stereocenters. The standard InChI is InChI=1S/C46H62N4O11S/c1-9-20-47-39-16-14-35(58-25-11-22-49(5,6)21-10-2)30-37(39)43(38-31-36(15-17-40(38)47)59-26-12-23-50(7,8)24-13-27-62(55,56)57)46(54)60-44-32(3)28-34(29-33(44)4)45(53)61-48-41(51)18-19-42(48)52/h14-17,28-31H,9-13,18-27H2,1-8H3/q+2/p+1. The zero-order valence-electron chi connectivity index (χ0n) is 37.5. The highest BCUT2D eigenvalue weighted by Gasteiger charge is 2.34. The van der Waals surface area contributed by atoms with Gasteiger partial charge in [0.25, 0.3) is 21.9 Å². The number of hydrogen-bond acceptors (Lipinski definition) is 10. The zero-order chi connectivity index (χ0) is 45.4. The largest absolute Gasteiger partial charge is 0.493 e. The van der Waals surface area contributed by atoms with Crippen molar-refractivity contribution < 1.29 is 64.7 Å². The van der Waals surface area contributed by atoms with E-state index in [-0.39, 0.29) is 29.9 Å². The SMILES string of the molecule is CCC[n+]1c2ccc(OCCC[N+](C)(C)CCC)cc2c(C(=O)Oc2c(C)cc(C(=O)ON3C(=O)CCC3=O)cc2C)c2cc(OCCC[N+](C)(C)CCCS(=O)(=O)O)ccc21. The van der Waals surface area contributed by atoms with E-state index in [1.54, 1.807) is 13.8 Å². The van der Waals surface area contributed by atoms with Crippen LogP contribution in [0.1, 0.15) is 90.6 Å². The molecule has 0 spiro atoms. The van der Waals surface area contributed by atoms with Gasteiger partial charge in [-0.3, -0.25) is 14.1 Å². The van der Waals surface area contributed by atoms with Crippen LogP contribution in [0.4, 0.5) is 0 Å². The quantitative estimate of drug-likeness (QED) is 0.0141. The lowest BCUT2D eigenvalue weighted by Gasteiger charge is -2.29. The molecule has 1 aromatic heterocycles. The second-order valence-electron chi connectivity index (χ2n) is 17.5. The number of esters is 1. The van der Waals surface area contributed by atoms with Gasteiger partial charge in [0.15, 0.2) is 0 Å². The van der Waals surface area contributed by atoms with E-state index in [9.17, 15) is 27.6 Å². The molecule has 0 saturated carbocycles. The number of ether oxygens (including phenoxy) is 3. The van der Waals surface area contributed by atoms with Crippen LogP contribution in [0, 0.1) is 13.8 Å². The molecular formula is C46H63N4O11S+3. The van der Waals surface area contributed by atoms with Crippen molar-refractivity contribution >= 4 is 55.7 Å². The van der Waals surface area contributed by atoms with Crippen LogP contribution in [0.5, 0.6) is 17.2 Å². The van der Waals surface area contributed by atoms with Crippen molar-refractivity contribution in [2.24, 2.45) is 0 Å². The number of aromatic nitrogens is 1. The monoisotopic (exact) mass is 879 g/mol. The highest BCUT2D eigenvalue weighted by molar-refractivity contribution is 7.85. The summed E-state index contributed by atoms with van der Waals surface area (Å²) in [6.45, 7) is 12.5. The Labute approximate surface area is 365 Å². The molecule has 1 N–H and O–H groups in total. The highest BCUT2D eigenvalue weighted by atomic mass is 32.2. The third-order valence-electron chi connectivity index (χ3n) is 11.1. The lowest BCUT2D eigenvalue weighted by Crippen LogP contribution is -2.42. The molecule has 3 aromatic carbocycles. The Kier molecular flexibility index (Phi) is 15.7.